The van der Waals surface area contributed by atoms with Crippen LogP contribution in [-0.4, -0.2) is 39.1 Å². The van der Waals surface area contributed by atoms with E-state index in [0.717, 1.165) is 0 Å². The zero-order chi connectivity index (χ0) is 12.8. The predicted molar refractivity (Wildman–Crippen MR) is 58.0 cm³/mol. The number of carbonyl (C=O) groups is 2. The second-order valence-corrected chi connectivity index (χ2v) is 3.28. The summed E-state index contributed by atoms with van der Waals surface area (Å²) in [4.78, 5) is 26.1. The fourth-order valence-electron chi connectivity index (χ4n) is 0.984. The minimum atomic E-state index is -1.19. The lowest BCUT2D eigenvalue weighted by Gasteiger charge is -2.01. The van der Waals surface area contributed by atoms with Gasteiger partial charge >= 0.3 is 5.97 Å². The van der Waals surface area contributed by atoms with Gasteiger partial charge < -0.3 is 14.4 Å². The minimum absolute atomic E-state index is 0.222. The Balaban J connectivity index is 2.49. The normalized spacial score (nSPS) is 11.2. The number of aliphatic hydroxyl groups is 1. The lowest BCUT2D eigenvalue weighted by atomic mass is 10.3. The number of aliphatic hydroxyl groups excluding tert-OH is 1. The van der Waals surface area contributed by atoms with E-state index >= 15 is 0 Å². The molecule has 0 aliphatic heterocycles. The van der Waals surface area contributed by atoms with E-state index in [0.29, 0.717) is 0 Å². The first-order chi connectivity index (χ1) is 8.02. The fourth-order valence-corrected chi connectivity index (χ4v) is 0.984. The van der Waals surface area contributed by atoms with E-state index in [2.05, 4.69) is 21.6 Å². The Morgan fingerprint density at radius 2 is 2.35 bits per heavy atom. The topological polar surface area (TPSA) is 81.4 Å². The second kappa shape index (κ2) is 5.82. The molecule has 0 bridgehead atoms. The molecule has 0 aliphatic rings. The van der Waals surface area contributed by atoms with E-state index in [-0.39, 0.29) is 12.4 Å². The molecule has 90 valence electrons. The lowest BCUT2D eigenvalue weighted by Crippen LogP contribution is -2.19. The molecule has 0 saturated carbocycles. The molecule has 0 amide bonds. The number of aryl methyl sites for hydroxylation is 1. The monoisotopic (exact) mass is 236 g/mol. The third-order valence-electron chi connectivity index (χ3n) is 1.85. The van der Waals surface area contributed by atoms with Gasteiger partial charge in [0.05, 0.1) is 0 Å². The second-order valence-electron chi connectivity index (χ2n) is 3.28. The third-order valence-corrected chi connectivity index (χ3v) is 1.85. The van der Waals surface area contributed by atoms with E-state index in [1.165, 1.54) is 13.1 Å². The molecule has 1 rings (SSSR count). The molecule has 0 radical (unpaired) electrons. The number of ether oxygens (including phenoxy) is 1. The number of aromatic nitrogens is 2. The molecule has 0 spiro atoms. The first-order valence-electron chi connectivity index (χ1n) is 4.87. The van der Waals surface area contributed by atoms with E-state index in [4.69, 9.17) is 5.11 Å². The van der Waals surface area contributed by atoms with Crippen molar-refractivity contribution in [1.82, 2.24) is 9.55 Å². The Hall–Kier alpha value is -2.13. The average Bonchev–Trinajstić information content (AvgIpc) is 2.70. The molecule has 17 heavy (non-hydrogen) atoms. The summed E-state index contributed by atoms with van der Waals surface area (Å²) in [6, 6.07) is 0. The molecule has 0 aromatic carbocycles. The summed E-state index contributed by atoms with van der Waals surface area (Å²) >= 11 is 0. The molecule has 0 saturated heterocycles. The molecule has 1 N–H and O–H groups in total. The van der Waals surface area contributed by atoms with Gasteiger partial charge in [0.1, 0.15) is 6.10 Å². The van der Waals surface area contributed by atoms with Gasteiger partial charge in [-0.3, -0.25) is 4.79 Å². The van der Waals surface area contributed by atoms with Crippen LogP contribution in [0.2, 0.25) is 0 Å². The van der Waals surface area contributed by atoms with Crippen LogP contribution in [-0.2, 0) is 16.6 Å². The summed E-state index contributed by atoms with van der Waals surface area (Å²) in [6.07, 6.45) is 1.92. The molecule has 1 heterocycles. The van der Waals surface area contributed by atoms with Crippen LogP contribution in [0.5, 0.6) is 0 Å². The zero-order valence-corrected chi connectivity index (χ0v) is 9.51. The number of Topliss-reactive ketones (excluding diaryl/α,β-unsaturated/α-hetero) is 1. The Morgan fingerprint density at radius 3 is 2.88 bits per heavy atom. The standard InChI is InChI=1S/C11H12N2O4/c1-8(14)11(16)17-7-3-4-9(15)10-12-5-6-13(10)2/h5-6,8,14H,7H2,1-2H3. The van der Waals surface area contributed by atoms with Crippen LogP contribution in [0.3, 0.4) is 0 Å². The quantitative estimate of drug-likeness (QED) is 0.332. The van der Waals surface area contributed by atoms with Gasteiger partial charge in [-0.25, -0.2) is 9.78 Å². The number of nitrogens with zero attached hydrogens (tertiary/aromatic N) is 2. The van der Waals surface area contributed by atoms with Crippen molar-refractivity contribution in [2.45, 2.75) is 13.0 Å². The third kappa shape index (κ3) is 3.74. The highest BCUT2D eigenvalue weighted by atomic mass is 16.5. The maximum atomic E-state index is 11.5. The number of esters is 1. The van der Waals surface area contributed by atoms with Crippen molar-refractivity contribution in [3.8, 4) is 11.8 Å². The number of carbonyl (C=O) groups excluding carboxylic acids is 2. The van der Waals surface area contributed by atoms with Crippen molar-refractivity contribution in [2.24, 2.45) is 7.05 Å². The smallest absolute Gasteiger partial charge is 0.335 e. The van der Waals surface area contributed by atoms with Crippen LogP contribution in [0.1, 0.15) is 17.5 Å². The summed E-state index contributed by atoms with van der Waals surface area (Å²) in [6.45, 7) is 1.05. The van der Waals surface area contributed by atoms with Crippen molar-refractivity contribution in [3.05, 3.63) is 18.2 Å². The van der Waals surface area contributed by atoms with Crippen LogP contribution in [0.25, 0.3) is 0 Å². The van der Waals surface area contributed by atoms with Gasteiger partial charge in [-0.15, -0.1) is 0 Å². The van der Waals surface area contributed by atoms with Gasteiger partial charge in [-0.2, -0.15) is 0 Å². The van der Waals surface area contributed by atoms with E-state index < -0.39 is 17.9 Å². The molecule has 6 heteroatoms. The van der Waals surface area contributed by atoms with Gasteiger partial charge in [0.25, 0.3) is 5.78 Å². The number of ketones is 1. The van der Waals surface area contributed by atoms with Crippen molar-refractivity contribution in [3.63, 3.8) is 0 Å². The zero-order valence-electron chi connectivity index (χ0n) is 9.51. The summed E-state index contributed by atoms with van der Waals surface area (Å²) < 4.78 is 6.10. The van der Waals surface area contributed by atoms with Gasteiger partial charge in [0, 0.05) is 19.4 Å². The van der Waals surface area contributed by atoms with Crippen LogP contribution in [0.4, 0.5) is 0 Å². The molecule has 1 unspecified atom stereocenters. The lowest BCUT2D eigenvalue weighted by molar-refractivity contribution is -0.150. The average molecular weight is 236 g/mol. The number of hydrogen-bond donors (Lipinski definition) is 1. The summed E-state index contributed by atoms with van der Waals surface area (Å²) in [5.74, 6) is 3.66. The van der Waals surface area contributed by atoms with Crippen molar-refractivity contribution >= 4 is 11.8 Å². The molecule has 6 nitrogen and oxygen atoms in total. The molecule has 0 aliphatic carbocycles. The van der Waals surface area contributed by atoms with Gasteiger partial charge in [0.2, 0.25) is 0 Å². The molecule has 0 fully saturated rings. The van der Waals surface area contributed by atoms with E-state index in [1.54, 1.807) is 17.8 Å². The van der Waals surface area contributed by atoms with Gasteiger partial charge in [0.15, 0.2) is 12.4 Å². The first-order valence-corrected chi connectivity index (χ1v) is 4.87. The predicted octanol–water partition coefficient (Wildman–Crippen LogP) is -0.470. The largest absolute Gasteiger partial charge is 0.451 e. The maximum Gasteiger partial charge on any atom is 0.335 e. The van der Waals surface area contributed by atoms with Crippen molar-refractivity contribution < 1.29 is 19.4 Å². The van der Waals surface area contributed by atoms with Crippen LogP contribution < -0.4 is 0 Å². The molecule has 1 aromatic heterocycles. The Bertz CT molecular complexity index is 479. The number of imidazole rings is 1. The summed E-state index contributed by atoms with van der Waals surface area (Å²) in [5, 5.41) is 8.81. The Labute approximate surface area is 98.2 Å². The van der Waals surface area contributed by atoms with Crippen molar-refractivity contribution in [1.29, 1.82) is 0 Å². The minimum Gasteiger partial charge on any atom is -0.451 e. The summed E-state index contributed by atoms with van der Waals surface area (Å²) in [7, 11) is 1.68. The SMILES string of the molecule is CC(O)C(=O)OCC#CC(=O)c1nccn1C. The molecule has 1 atom stereocenters. The van der Waals surface area contributed by atoms with Gasteiger partial charge in [-0.1, -0.05) is 5.92 Å². The van der Waals surface area contributed by atoms with Crippen molar-refractivity contribution in [2.75, 3.05) is 6.61 Å². The highest BCUT2D eigenvalue weighted by molar-refractivity contribution is 6.06. The number of rotatable bonds is 3. The molecular formula is C11H12N2O4. The van der Waals surface area contributed by atoms with Gasteiger partial charge in [-0.05, 0) is 12.8 Å². The highest BCUT2D eigenvalue weighted by Crippen LogP contribution is 1.94. The highest BCUT2D eigenvalue weighted by Gasteiger charge is 2.09. The van der Waals surface area contributed by atoms with E-state index in [9.17, 15) is 9.59 Å². The molecule has 1 aromatic rings. The fraction of sp³-hybridized carbons (Fsp3) is 0.364. The Kier molecular flexibility index (Phi) is 4.43. The number of hydrogen-bond acceptors (Lipinski definition) is 5. The first kappa shape index (κ1) is 12.9. The maximum absolute atomic E-state index is 11.5. The van der Waals surface area contributed by atoms with Crippen LogP contribution in [0.15, 0.2) is 12.4 Å². The molecular weight excluding hydrogens is 224 g/mol. The summed E-state index contributed by atoms with van der Waals surface area (Å²) in [5.41, 5.74) is 0. The van der Waals surface area contributed by atoms with Crippen LogP contribution in [0, 0.1) is 11.8 Å². The van der Waals surface area contributed by atoms with Crippen LogP contribution >= 0.6 is 0 Å². The Morgan fingerprint density at radius 1 is 1.65 bits per heavy atom. The van der Waals surface area contributed by atoms with E-state index in [1.807, 2.05) is 0 Å².